The highest BCUT2D eigenvalue weighted by atomic mass is 127. The predicted octanol–water partition coefficient (Wildman–Crippen LogP) is 2.72. The van der Waals surface area contributed by atoms with Gasteiger partial charge in [-0.3, -0.25) is 9.89 Å². The van der Waals surface area contributed by atoms with Gasteiger partial charge in [-0.25, -0.2) is 4.98 Å². The second kappa shape index (κ2) is 12.7. The average Bonchev–Trinajstić information content (AvgIpc) is 3.22. The van der Waals surface area contributed by atoms with Crippen molar-refractivity contribution in [3.8, 4) is 11.5 Å². The summed E-state index contributed by atoms with van der Waals surface area (Å²) in [4.78, 5) is 13.5. The fourth-order valence-corrected chi connectivity index (χ4v) is 3.69. The van der Waals surface area contributed by atoms with E-state index in [1.54, 1.807) is 21.3 Å². The van der Waals surface area contributed by atoms with Crippen LogP contribution >= 0.6 is 24.0 Å². The monoisotopic (exact) mass is 554 g/mol. The SMILES string of the molecule is CN=C(NCc1cccc(N(C)C)n1)NC1CCN(Cc2cc(OC)cc(OC)c2)C1.I. The van der Waals surface area contributed by atoms with Crippen LogP contribution in [0.5, 0.6) is 11.5 Å². The van der Waals surface area contributed by atoms with Crippen molar-refractivity contribution in [1.82, 2.24) is 20.5 Å². The molecule has 1 atom stereocenters. The Balaban J connectivity index is 0.00000363. The summed E-state index contributed by atoms with van der Waals surface area (Å²) < 4.78 is 10.8. The lowest BCUT2D eigenvalue weighted by atomic mass is 10.2. The molecule has 2 N–H and O–H groups in total. The standard InChI is InChI=1S/C23H34N6O2.HI/c1-24-23(25-14-18-7-6-8-22(26-18)28(2)3)27-19-9-10-29(16-19)15-17-11-20(30-4)13-21(12-17)31-5;/h6-8,11-13,19H,9-10,14-16H2,1-5H3,(H2,24,25,27);1H. The second-order valence-electron chi connectivity index (χ2n) is 7.89. The van der Waals surface area contributed by atoms with E-state index in [1.807, 2.05) is 43.3 Å². The maximum absolute atomic E-state index is 5.39. The summed E-state index contributed by atoms with van der Waals surface area (Å²) in [5.74, 6) is 3.38. The summed E-state index contributed by atoms with van der Waals surface area (Å²) in [6.07, 6.45) is 1.07. The summed E-state index contributed by atoms with van der Waals surface area (Å²) in [5, 5.41) is 6.92. The number of likely N-dealkylation sites (tertiary alicyclic amines) is 1. The number of guanidine groups is 1. The molecule has 1 aliphatic rings. The molecule has 1 fully saturated rings. The summed E-state index contributed by atoms with van der Waals surface area (Å²) >= 11 is 0. The minimum atomic E-state index is 0. The quantitative estimate of drug-likeness (QED) is 0.296. The van der Waals surface area contributed by atoms with E-state index in [9.17, 15) is 0 Å². The summed E-state index contributed by atoms with van der Waals surface area (Å²) in [7, 11) is 9.15. The molecular weight excluding hydrogens is 519 g/mol. The van der Waals surface area contributed by atoms with Crippen molar-refractivity contribution >= 4 is 35.8 Å². The Morgan fingerprint density at radius 2 is 1.91 bits per heavy atom. The van der Waals surface area contributed by atoms with Crippen LogP contribution in [0.25, 0.3) is 0 Å². The molecule has 0 amide bonds. The van der Waals surface area contributed by atoms with Crippen molar-refractivity contribution < 1.29 is 9.47 Å². The Hall–Kier alpha value is -2.27. The summed E-state index contributed by atoms with van der Waals surface area (Å²) in [6, 6.07) is 12.4. The van der Waals surface area contributed by atoms with Gasteiger partial charge in [0.2, 0.25) is 0 Å². The van der Waals surface area contributed by atoms with Crippen LogP contribution < -0.4 is 25.0 Å². The van der Waals surface area contributed by atoms with Crippen molar-refractivity contribution in [1.29, 1.82) is 0 Å². The predicted molar refractivity (Wildman–Crippen MR) is 141 cm³/mol. The first-order valence-electron chi connectivity index (χ1n) is 10.6. The lowest BCUT2D eigenvalue weighted by molar-refractivity contribution is 0.321. The number of ether oxygens (including phenoxy) is 2. The number of nitrogens with one attached hydrogen (secondary N) is 2. The molecule has 32 heavy (non-hydrogen) atoms. The number of methoxy groups -OCH3 is 2. The molecule has 1 aliphatic heterocycles. The third kappa shape index (κ3) is 7.40. The van der Waals surface area contributed by atoms with Crippen LogP contribution in [0.2, 0.25) is 0 Å². The van der Waals surface area contributed by atoms with Gasteiger partial charge < -0.3 is 25.0 Å². The van der Waals surface area contributed by atoms with E-state index in [2.05, 4.69) is 37.6 Å². The van der Waals surface area contributed by atoms with Gasteiger partial charge in [-0.2, -0.15) is 0 Å². The number of nitrogens with zero attached hydrogens (tertiary/aromatic N) is 4. The number of rotatable bonds is 8. The number of halogens is 1. The topological polar surface area (TPSA) is 74.3 Å². The molecule has 0 radical (unpaired) electrons. The van der Waals surface area contributed by atoms with Crippen molar-refractivity contribution in [3.63, 3.8) is 0 Å². The van der Waals surface area contributed by atoms with E-state index in [-0.39, 0.29) is 24.0 Å². The van der Waals surface area contributed by atoms with Gasteiger partial charge in [0.25, 0.3) is 0 Å². The van der Waals surface area contributed by atoms with E-state index >= 15 is 0 Å². The highest BCUT2D eigenvalue weighted by Crippen LogP contribution is 2.24. The van der Waals surface area contributed by atoms with Crippen LogP contribution in [-0.4, -0.2) is 70.3 Å². The molecule has 1 aromatic heterocycles. The van der Waals surface area contributed by atoms with E-state index in [1.165, 1.54) is 5.56 Å². The molecule has 2 aromatic rings. The van der Waals surface area contributed by atoms with Gasteiger partial charge in [0.15, 0.2) is 5.96 Å². The van der Waals surface area contributed by atoms with Gasteiger partial charge in [0.1, 0.15) is 17.3 Å². The first kappa shape index (κ1) is 26.0. The van der Waals surface area contributed by atoms with Gasteiger partial charge in [-0.1, -0.05) is 6.07 Å². The van der Waals surface area contributed by atoms with Gasteiger partial charge in [0, 0.05) is 52.9 Å². The number of aliphatic imine (C=N–C) groups is 1. The number of hydrogen-bond donors (Lipinski definition) is 2. The number of pyridine rings is 1. The summed E-state index contributed by atoms with van der Waals surface area (Å²) in [5.41, 5.74) is 2.17. The van der Waals surface area contributed by atoms with Crippen molar-refractivity contribution in [2.75, 3.05) is 53.4 Å². The van der Waals surface area contributed by atoms with Crippen LogP contribution in [0.15, 0.2) is 41.4 Å². The van der Waals surface area contributed by atoms with Crippen molar-refractivity contribution in [2.24, 2.45) is 4.99 Å². The maximum Gasteiger partial charge on any atom is 0.191 e. The molecule has 1 aromatic carbocycles. The zero-order valence-corrected chi connectivity index (χ0v) is 21.9. The zero-order chi connectivity index (χ0) is 22.2. The Labute approximate surface area is 208 Å². The lowest BCUT2D eigenvalue weighted by Crippen LogP contribution is -2.44. The molecule has 176 valence electrons. The molecule has 1 saturated heterocycles. The average molecular weight is 554 g/mol. The van der Waals surface area contributed by atoms with Crippen molar-refractivity contribution in [3.05, 3.63) is 47.7 Å². The minimum absolute atomic E-state index is 0. The smallest absolute Gasteiger partial charge is 0.191 e. The van der Waals surface area contributed by atoms with Crippen LogP contribution in [-0.2, 0) is 13.1 Å². The maximum atomic E-state index is 5.39. The third-order valence-corrected chi connectivity index (χ3v) is 5.34. The van der Waals surface area contributed by atoms with Gasteiger partial charge in [0.05, 0.1) is 26.5 Å². The van der Waals surface area contributed by atoms with Crippen LogP contribution in [0.4, 0.5) is 5.82 Å². The Bertz CT molecular complexity index is 870. The van der Waals surface area contributed by atoms with Gasteiger partial charge in [-0.05, 0) is 36.2 Å². The third-order valence-electron chi connectivity index (χ3n) is 5.34. The van der Waals surface area contributed by atoms with E-state index < -0.39 is 0 Å². The van der Waals surface area contributed by atoms with E-state index in [0.717, 1.165) is 55.0 Å². The van der Waals surface area contributed by atoms with Crippen LogP contribution in [0.1, 0.15) is 17.7 Å². The summed E-state index contributed by atoms with van der Waals surface area (Å²) in [6.45, 7) is 3.47. The number of hydrogen-bond acceptors (Lipinski definition) is 6. The van der Waals surface area contributed by atoms with Gasteiger partial charge in [-0.15, -0.1) is 24.0 Å². The molecular formula is C23H35IN6O2. The molecule has 8 nitrogen and oxygen atoms in total. The fraction of sp³-hybridized carbons (Fsp3) is 0.478. The number of aromatic nitrogens is 1. The molecule has 0 saturated carbocycles. The van der Waals surface area contributed by atoms with Crippen LogP contribution in [0, 0.1) is 0 Å². The minimum Gasteiger partial charge on any atom is -0.497 e. The van der Waals surface area contributed by atoms with Gasteiger partial charge >= 0.3 is 0 Å². The molecule has 0 spiro atoms. The zero-order valence-electron chi connectivity index (χ0n) is 19.6. The van der Waals surface area contributed by atoms with Crippen molar-refractivity contribution in [2.45, 2.75) is 25.6 Å². The van der Waals surface area contributed by atoms with Crippen LogP contribution in [0.3, 0.4) is 0 Å². The Kier molecular flexibility index (Phi) is 10.3. The molecule has 0 aliphatic carbocycles. The largest absolute Gasteiger partial charge is 0.497 e. The number of anilines is 1. The second-order valence-corrected chi connectivity index (χ2v) is 7.89. The first-order chi connectivity index (χ1) is 15.0. The number of benzene rings is 1. The molecule has 2 heterocycles. The lowest BCUT2D eigenvalue weighted by Gasteiger charge is -2.19. The van der Waals surface area contributed by atoms with E-state index in [0.29, 0.717) is 12.6 Å². The molecule has 3 rings (SSSR count). The highest BCUT2D eigenvalue weighted by molar-refractivity contribution is 14.0. The fourth-order valence-electron chi connectivity index (χ4n) is 3.69. The Morgan fingerprint density at radius 1 is 1.19 bits per heavy atom. The van der Waals surface area contributed by atoms with E-state index in [4.69, 9.17) is 9.47 Å². The first-order valence-corrected chi connectivity index (χ1v) is 10.6. The molecule has 9 heteroatoms. The highest BCUT2D eigenvalue weighted by Gasteiger charge is 2.23. The molecule has 0 bridgehead atoms. The Morgan fingerprint density at radius 3 is 2.53 bits per heavy atom. The normalized spacial score (nSPS) is 16.3. The molecule has 1 unspecified atom stereocenters.